The minimum atomic E-state index is -3.68. The Bertz CT molecular complexity index is 782. The van der Waals surface area contributed by atoms with Gasteiger partial charge in [-0.05, 0) is 37.6 Å². The lowest BCUT2D eigenvalue weighted by Crippen LogP contribution is -2.16. The van der Waals surface area contributed by atoms with E-state index in [0.29, 0.717) is 16.8 Å². The van der Waals surface area contributed by atoms with E-state index in [1.165, 1.54) is 6.07 Å². The van der Waals surface area contributed by atoms with Gasteiger partial charge in [-0.2, -0.15) is 0 Å². The first kappa shape index (κ1) is 15.5. The topological polar surface area (TPSA) is 72.2 Å². The first-order valence-corrected chi connectivity index (χ1v) is 8.19. The first-order valence-electron chi connectivity index (χ1n) is 6.29. The van der Waals surface area contributed by atoms with Crippen molar-refractivity contribution in [2.24, 2.45) is 5.73 Å². The van der Waals surface area contributed by atoms with Gasteiger partial charge in [-0.25, -0.2) is 8.42 Å². The van der Waals surface area contributed by atoms with Crippen LogP contribution in [0.5, 0.6) is 0 Å². The van der Waals surface area contributed by atoms with Crippen LogP contribution in [0.1, 0.15) is 16.7 Å². The molecule has 3 N–H and O–H groups in total. The Labute approximate surface area is 130 Å². The van der Waals surface area contributed by atoms with Crippen molar-refractivity contribution < 1.29 is 8.42 Å². The second-order valence-corrected chi connectivity index (χ2v) is 6.91. The second-order valence-electron chi connectivity index (χ2n) is 4.82. The van der Waals surface area contributed by atoms with Crippen LogP contribution in [-0.4, -0.2) is 13.4 Å². The lowest BCUT2D eigenvalue weighted by Gasteiger charge is -2.12. The maximum atomic E-state index is 12.5. The quantitative estimate of drug-likeness (QED) is 0.850. The van der Waals surface area contributed by atoms with Gasteiger partial charge < -0.3 is 5.73 Å². The van der Waals surface area contributed by atoms with Crippen molar-refractivity contribution in [2.45, 2.75) is 18.7 Å². The van der Waals surface area contributed by atoms with Gasteiger partial charge in [-0.1, -0.05) is 42.0 Å². The molecule has 0 fully saturated rings. The standard InChI is InChI=1S/C15H16N2O2S2/c1-10-3-7-13(8-4-10)17-21(18,19)14-9-12(15(16)20)6-5-11(14)2/h3-9,17H,1-2H3,(H2,16,20). The molecule has 6 heteroatoms. The maximum Gasteiger partial charge on any atom is 0.262 e. The summed E-state index contributed by atoms with van der Waals surface area (Å²) in [6, 6.07) is 12.0. The summed E-state index contributed by atoms with van der Waals surface area (Å²) >= 11 is 4.89. The fraction of sp³-hybridized carbons (Fsp3) is 0.133. The lowest BCUT2D eigenvalue weighted by molar-refractivity contribution is 0.600. The Morgan fingerprint density at radius 3 is 2.29 bits per heavy atom. The average Bonchev–Trinajstić information content (AvgIpc) is 2.41. The number of rotatable bonds is 4. The van der Waals surface area contributed by atoms with Crippen molar-refractivity contribution in [2.75, 3.05) is 4.72 Å². The van der Waals surface area contributed by atoms with Crippen LogP contribution in [0.15, 0.2) is 47.4 Å². The number of hydrogen-bond acceptors (Lipinski definition) is 3. The van der Waals surface area contributed by atoms with Crippen LogP contribution >= 0.6 is 12.2 Å². The molecule has 2 aromatic carbocycles. The summed E-state index contributed by atoms with van der Waals surface area (Å²) in [7, 11) is -3.68. The highest BCUT2D eigenvalue weighted by atomic mass is 32.2. The number of anilines is 1. The van der Waals surface area contributed by atoms with Gasteiger partial charge in [-0.3, -0.25) is 4.72 Å². The summed E-state index contributed by atoms with van der Waals surface area (Å²) in [5, 5.41) is 0. The molecular weight excluding hydrogens is 304 g/mol. The molecule has 21 heavy (non-hydrogen) atoms. The van der Waals surface area contributed by atoms with Crippen LogP contribution in [0.3, 0.4) is 0 Å². The fourth-order valence-corrected chi connectivity index (χ4v) is 3.33. The SMILES string of the molecule is Cc1ccc(NS(=O)(=O)c2cc(C(N)=S)ccc2C)cc1. The molecule has 110 valence electrons. The van der Waals surface area contributed by atoms with Gasteiger partial charge in [0.05, 0.1) is 4.90 Å². The first-order chi connectivity index (χ1) is 9.79. The second kappa shape index (κ2) is 5.83. The van der Waals surface area contributed by atoms with Crippen molar-refractivity contribution in [3.63, 3.8) is 0 Å². The molecule has 0 aliphatic rings. The number of benzene rings is 2. The summed E-state index contributed by atoms with van der Waals surface area (Å²) in [5.74, 6) is 0. The summed E-state index contributed by atoms with van der Waals surface area (Å²) in [6.45, 7) is 3.67. The molecule has 0 amide bonds. The van der Waals surface area contributed by atoms with Crippen LogP contribution in [-0.2, 0) is 10.0 Å². The van der Waals surface area contributed by atoms with E-state index in [1.807, 2.05) is 19.1 Å². The van der Waals surface area contributed by atoms with E-state index in [-0.39, 0.29) is 9.88 Å². The number of hydrogen-bond donors (Lipinski definition) is 2. The summed E-state index contributed by atoms with van der Waals surface area (Å²) in [5.41, 5.74) is 8.30. The Hall–Kier alpha value is -1.92. The third-order valence-electron chi connectivity index (χ3n) is 3.07. The van der Waals surface area contributed by atoms with E-state index in [0.717, 1.165) is 5.56 Å². The number of nitrogens with two attached hydrogens (primary N) is 1. The zero-order chi connectivity index (χ0) is 15.6. The Morgan fingerprint density at radius 1 is 1.10 bits per heavy atom. The molecule has 2 rings (SSSR count). The largest absolute Gasteiger partial charge is 0.389 e. The van der Waals surface area contributed by atoms with E-state index in [2.05, 4.69) is 4.72 Å². The van der Waals surface area contributed by atoms with Gasteiger partial charge in [0.2, 0.25) is 0 Å². The van der Waals surface area contributed by atoms with E-state index in [4.69, 9.17) is 18.0 Å². The van der Waals surface area contributed by atoms with Crippen LogP contribution in [0.25, 0.3) is 0 Å². The molecule has 0 heterocycles. The Balaban J connectivity index is 2.41. The van der Waals surface area contributed by atoms with Crippen molar-refractivity contribution in [3.05, 3.63) is 59.2 Å². The maximum absolute atomic E-state index is 12.5. The monoisotopic (exact) mass is 320 g/mol. The predicted molar refractivity (Wildman–Crippen MR) is 89.1 cm³/mol. The van der Waals surface area contributed by atoms with Crippen LogP contribution in [0.2, 0.25) is 0 Å². The number of nitrogens with one attached hydrogen (secondary N) is 1. The van der Waals surface area contributed by atoms with Crippen LogP contribution < -0.4 is 10.5 Å². The Kier molecular flexibility index (Phi) is 4.29. The molecule has 0 saturated heterocycles. The van der Waals surface area contributed by atoms with Crippen molar-refractivity contribution >= 4 is 32.9 Å². The van der Waals surface area contributed by atoms with Gasteiger partial charge in [0, 0.05) is 11.3 Å². The molecule has 0 aliphatic carbocycles. The third-order valence-corrected chi connectivity index (χ3v) is 4.82. The van der Waals surface area contributed by atoms with E-state index in [9.17, 15) is 8.42 Å². The highest BCUT2D eigenvalue weighted by molar-refractivity contribution is 7.92. The molecule has 0 aliphatic heterocycles. The summed E-state index contributed by atoms with van der Waals surface area (Å²) in [4.78, 5) is 0.343. The molecule has 0 aromatic heterocycles. The highest BCUT2D eigenvalue weighted by Gasteiger charge is 2.18. The molecular formula is C15H16N2O2S2. The minimum Gasteiger partial charge on any atom is -0.389 e. The summed E-state index contributed by atoms with van der Waals surface area (Å²) in [6.07, 6.45) is 0. The van der Waals surface area contributed by atoms with Crippen molar-refractivity contribution in [1.29, 1.82) is 0 Å². The Morgan fingerprint density at radius 2 is 1.71 bits per heavy atom. The molecule has 0 saturated carbocycles. The van der Waals surface area contributed by atoms with Gasteiger partial charge >= 0.3 is 0 Å². The van der Waals surface area contributed by atoms with Crippen molar-refractivity contribution in [3.8, 4) is 0 Å². The molecule has 0 radical (unpaired) electrons. The zero-order valence-electron chi connectivity index (χ0n) is 11.8. The van der Waals surface area contributed by atoms with Crippen molar-refractivity contribution in [1.82, 2.24) is 0 Å². The fourth-order valence-electron chi connectivity index (χ4n) is 1.87. The molecule has 0 unspecified atom stereocenters. The average molecular weight is 320 g/mol. The van der Waals surface area contributed by atoms with Gasteiger partial charge in [0.15, 0.2) is 0 Å². The molecule has 0 atom stereocenters. The smallest absolute Gasteiger partial charge is 0.262 e. The van der Waals surface area contributed by atoms with Crippen LogP contribution in [0.4, 0.5) is 5.69 Å². The number of sulfonamides is 1. The zero-order valence-corrected chi connectivity index (χ0v) is 13.4. The van der Waals surface area contributed by atoms with E-state index >= 15 is 0 Å². The van der Waals surface area contributed by atoms with Crippen LogP contribution in [0, 0.1) is 13.8 Å². The van der Waals surface area contributed by atoms with E-state index in [1.54, 1.807) is 31.2 Å². The predicted octanol–water partition coefficient (Wildman–Crippen LogP) is 2.74. The van der Waals surface area contributed by atoms with Gasteiger partial charge in [0.1, 0.15) is 4.99 Å². The normalized spacial score (nSPS) is 11.1. The van der Waals surface area contributed by atoms with Gasteiger partial charge in [0.25, 0.3) is 10.0 Å². The van der Waals surface area contributed by atoms with E-state index < -0.39 is 10.0 Å². The number of aryl methyl sites for hydroxylation is 2. The third kappa shape index (κ3) is 3.59. The summed E-state index contributed by atoms with van der Waals surface area (Å²) < 4.78 is 27.5. The molecule has 4 nitrogen and oxygen atoms in total. The number of thiocarbonyl (C=S) groups is 1. The lowest BCUT2D eigenvalue weighted by atomic mass is 10.1. The van der Waals surface area contributed by atoms with Gasteiger partial charge in [-0.15, -0.1) is 0 Å². The highest BCUT2D eigenvalue weighted by Crippen LogP contribution is 2.21. The molecule has 0 bridgehead atoms. The minimum absolute atomic E-state index is 0.168. The molecule has 0 spiro atoms. The molecule has 2 aromatic rings.